The van der Waals surface area contributed by atoms with Crippen molar-refractivity contribution in [2.75, 3.05) is 5.32 Å². The molecule has 0 saturated heterocycles. The number of hydrogen-bond acceptors (Lipinski definition) is 6. The fraction of sp³-hybridized carbons (Fsp3) is 0.190. The predicted octanol–water partition coefficient (Wildman–Crippen LogP) is 1.89. The van der Waals surface area contributed by atoms with Gasteiger partial charge in [0.2, 0.25) is 11.8 Å². The van der Waals surface area contributed by atoms with E-state index < -0.39 is 29.1 Å². The van der Waals surface area contributed by atoms with Gasteiger partial charge in [-0.05, 0) is 30.7 Å². The molecule has 9 nitrogen and oxygen atoms in total. The molecule has 2 bridgehead atoms. The number of carbonyl (C=O) groups is 3. The summed E-state index contributed by atoms with van der Waals surface area (Å²) in [6.45, 7) is 1.45. The molecule has 0 spiro atoms. The minimum absolute atomic E-state index is 0.150. The van der Waals surface area contributed by atoms with Crippen molar-refractivity contribution < 1.29 is 19.6 Å². The monoisotopic (exact) mass is 407 g/mol. The van der Waals surface area contributed by atoms with Crippen molar-refractivity contribution in [1.82, 2.24) is 15.1 Å². The highest BCUT2D eigenvalue weighted by Gasteiger charge is 2.28. The lowest BCUT2D eigenvalue weighted by molar-refractivity contribution is -0.142. The van der Waals surface area contributed by atoms with Crippen LogP contribution in [0.2, 0.25) is 0 Å². The number of hydrogen-bond donors (Lipinski definition) is 3. The zero-order valence-electron chi connectivity index (χ0n) is 16.0. The number of nitrogens with zero attached hydrogens (tertiary/aromatic N) is 2. The molecule has 1 aromatic heterocycles. The van der Waals surface area contributed by atoms with Crippen molar-refractivity contribution >= 4 is 34.3 Å². The molecule has 0 radical (unpaired) electrons. The van der Waals surface area contributed by atoms with Gasteiger partial charge in [-0.1, -0.05) is 30.3 Å². The van der Waals surface area contributed by atoms with Crippen LogP contribution in [0.1, 0.15) is 22.8 Å². The second kappa shape index (κ2) is 7.71. The van der Waals surface area contributed by atoms with E-state index in [0.717, 1.165) is 0 Å². The van der Waals surface area contributed by atoms with Gasteiger partial charge in [0.15, 0.2) is 0 Å². The Balaban J connectivity index is 1.93. The molecule has 2 amide bonds. The minimum atomic E-state index is -1.49. The van der Waals surface area contributed by atoms with Crippen LogP contribution in [0.4, 0.5) is 5.69 Å². The molecule has 0 fully saturated rings. The average molecular weight is 407 g/mol. The van der Waals surface area contributed by atoms with Crippen LogP contribution in [-0.2, 0) is 16.0 Å². The maximum Gasteiger partial charge on any atom is 0.264 e. The number of carbonyl (C=O) groups excluding carboxylic acids is 3. The molecule has 2 atom stereocenters. The fourth-order valence-electron chi connectivity index (χ4n) is 3.58. The zero-order valence-corrected chi connectivity index (χ0v) is 16.0. The molecule has 2 heterocycles. The Hall–Kier alpha value is -3.53. The van der Waals surface area contributed by atoms with Gasteiger partial charge in [0.1, 0.15) is 12.1 Å². The summed E-state index contributed by atoms with van der Waals surface area (Å²) in [5, 5.41) is 26.6. The van der Waals surface area contributed by atoms with E-state index >= 15 is 0 Å². The molecular formula is C21H19N4O5-. The zero-order chi connectivity index (χ0) is 21.4. The Morgan fingerprint density at radius 2 is 1.77 bits per heavy atom. The first-order valence-electron chi connectivity index (χ1n) is 9.36. The number of rotatable bonds is 1. The van der Waals surface area contributed by atoms with Crippen LogP contribution in [0.3, 0.4) is 0 Å². The van der Waals surface area contributed by atoms with E-state index in [1.165, 1.54) is 11.5 Å². The number of amides is 2. The average Bonchev–Trinajstić information content (AvgIpc) is 3.09. The lowest BCUT2D eigenvalue weighted by Crippen LogP contribution is -2.50. The molecular weight excluding hydrogens is 388 g/mol. The highest BCUT2D eigenvalue weighted by molar-refractivity contribution is 6.09. The Kier molecular flexibility index (Phi) is 5.08. The summed E-state index contributed by atoms with van der Waals surface area (Å²) in [4.78, 5) is 38.5. The van der Waals surface area contributed by atoms with Crippen molar-refractivity contribution in [1.29, 1.82) is 0 Å². The normalized spacial score (nSPS) is 20.1. The van der Waals surface area contributed by atoms with Crippen molar-refractivity contribution in [2.45, 2.75) is 25.4 Å². The van der Waals surface area contributed by atoms with Crippen molar-refractivity contribution in [3.05, 3.63) is 71.1 Å². The van der Waals surface area contributed by atoms with Crippen molar-refractivity contribution in [3.8, 4) is 0 Å². The third kappa shape index (κ3) is 3.45. The minimum Gasteiger partial charge on any atom is -0.762 e. The van der Waals surface area contributed by atoms with E-state index in [-0.39, 0.29) is 17.9 Å². The van der Waals surface area contributed by atoms with E-state index in [2.05, 4.69) is 10.6 Å². The molecule has 1 aliphatic rings. The van der Waals surface area contributed by atoms with E-state index in [1.54, 1.807) is 54.7 Å². The summed E-state index contributed by atoms with van der Waals surface area (Å²) < 4.78 is 1.42. The summed E-state index contributed by atoms with van der Waals surface area (Å²) in [6, 6.07) is 11.2. The van der Waals surface area contributed by atoms with Crippen LogP contribution in [0, 0.1) is 5.21 Å². The van der Waals surface area contributed by atoms with Gasteiger partial charge in [-0.3, -0.25) is 24.2 Å². The van der Waals surface area contributed by atoms with Crippen LogP contribution in [0.5, 0.6) is 0 Å². The highest BCUT2D eigenvalue weighted by Crippen LogP contribution is 2.26. The van der Waals surface area contributed by atoms with Crippen LogP contribution in [0.25, 0.3) is 10.9 Å². The molecule has 0 saturated carbocycles. The quantitative estimate of drug-likeness (QED) is 0.529. The fourth-order valence-corrected chi connectivity index (χ4v) is 3.58. The standard InChI is InChI=1S/C21H19N4O5/c1-12-19(26)23-16-8-4-2-7-15(16)21(28)24-11-13(14-6-3-5-9-17(14)24)10-18(25(29)30)20(27)22-12/h2-9,11-12,18,29H,10H2,1H3,(H,22,27)(H,23,26)/q-1/t12-,18-/m0/s1. The summed E-state index contributed by atoms with van der Waals surface area (Å²) in [6.07, 6.45) is 1.40. The smallest absolute Gasteiger partial charge is 0.264 e. The van der Waals surface area contributed by atoms with E-state index in [4.69, 9.17) is 0 Å². The van der Waals surface area contributed by atoms with Gasteiger partial charge in [0, 0.05) is 18.0 Å². The van der Waals surface area contributed by atoms with Gasteiger partial charge in [-0.2, -0.15) is 0 Å². The van der Waals surface area contributed by atoms with Crippen LogP contribution in [-0.4, -0.2) is 44.8 Å². The van der Waals surface area contributed by atoms with Gasteiger partial charge in [-0.25, -0.2) is 0 Å². The summed E-state index contributed by atoms with van der Waals surface area (Å²) in [5.41, 5.74) is 1.70. The number of para-hydroxylation sites is 2. The topological polar surface area (TPSA) is 127 Å². The Morgan fingerprint density at radius 3 is 2.53 bits per heavy atom. The number of nitrogens with one attached hydrogen (secondary N) is 2. The summed E-state index contributed by atoms with van der Waals surface area (Å²) >= 11 is 0. The molecule has 30 heavy (non-hydrogen) atoms. The van der Waals surface area contributed by atoms with Gasteiger partial charge in [-0.15, -0.1) is 0 Å². The molecule has 0 unspecified atom stereocenters. The lowest BCUT2D eigenvalue weighted by atomic mass is 10.0. The molecule has 0 aliphatic carbocycles. The number of hydroxylamine groups is 2. The van der Waals surface area contributed by atoms with Crippen LogP contribution in [0.15, 0.2) is 54.7 Å². The highest BCUT2D eigenvalue weighted by atomic mass is 16.8. The third-order valence-electron chi connectivity index (χ3n) is 5.16. The Bertz CT molecular complexity index is 1150. The first-order chi connectivity index (χ1) is 14.4. The molecule has 4 rings (SSSR count). The first kappa shape index (κ1) is 19.8. The van der Waals surface area contributed by atoms with Gasteiger partial charge in [0.25, 0.3) is 5.91 Å². The molecule has 154 valence electrons. The number of aromatic nitrogens is 1. The summed E-state index contributed by atoms with van der Waals surface area (Å²) in [5.74, 6) is -1.74. The molecule has 1 aliphatic heterocycles. The van der Waals surface area contributed by atoms with Crippen LogP contribution >= 0.6 is 0 Å². The largest absolute Gasteiger partial charge is 0.762 e. The molecule has 3 aromatic rings. The third-order valence-corrected chi connectivity index (χ3v) is 5.16. The van der Waals surface area contributed by atoms with Gasteiger partial charge in [0.05, 0.1) is 16.8 Å². The van der Waals surface area contributed by atoms with E-state index in [9.17, 15) is 24.8 Å². The second-order valence-electron chi connectivity index (χ2n) is 7.13. The van der Waals surface area contributed by atoms with Crippen LogP contribution < -0.4 is 10.6 Å². The number of fused-ring (bicyclic) bond motifs is 6. The summed E-state index contributed by atoms with van der Waals surface area (Å²) in [7, 11) is 0. The Morgan fingerprint density at radius 1 is 1.07 bits per heavy atom. The molecule has 9 heteroatoms. The predicted molar refractivity (Wildman–Crippen MR) is 109 cm³/mol. The second-order valence-corrected chi connectivity index (χ2v) is 7.13. The number of benzene rings is 2. The number of anilines is 1. The molecule has 3 N–H and O–H groups in total. The van der Waals surface area contributed by atoms with Gasteiger partial charge >= 0.3 is 0 Å². The maximum atomic E-state index is 13.4. The van der Waals surface area contributed by atoms with Crippen molar-refractivity contribution in [2.24, 2.45) is 0 Å². The maximum absolute atomic E-state index is 13.4. The van der Waals surface area contributed by atoms with Crippen molar-refractivity contribution in [3.63, 3.8) is 0 Å². The SMILES string of the molecule is C[C@@H]1NC(=O)[C@@H](N([O-])O)Cc2cn(c3ccccc23)C(=O)c2ccccc2NC1=O. The first-order valence-corrected chi connectivity index (χ1v) is 9.36. The Labute approximate surface area is 171 Å². The van der Waals surface area contributed by atoms with Gasteiger partial charge < -0.3 is 21.0 Å². The molecule has 2 aromatic carbocycles. The lowest BCUT2D eigenvalue weighted by Gasteiger charge is -2.30. The van der Waals surface area contributed by atoms with E-state index in [1.807, 2.05) is 0 Å². The van der Waals surface area contributed by atoms with E-state index in [0.29, 0.717) is 22.2 Å².